The van der Waals surface area contributed by atoms with E-state index in [-0.39, 0.29) is 30.7 Å². The summed E-state index contributed by atoms with van der Waals surface area (Å²) in [5.74, 6) is 0.254. The van der Waals surface area contributed by atoms with Crippen molar-refractivity contribution in [1.82, 2.24) is 15.1 Å². The fourth-order valence-electron chi connectivity index (χ4n) is 3.28. The molecular weight excluding hydrogens is 383 g/mol. The first-order valence-corrected chi connectivity index (χ1v) is 8.74. The Labute approximate surface area is 167 Å². The van der Waals surface area contributed by atoms with Crippen molar-refractivity contribution in [3.05, 3.63) is 29.3 Å². The van der Waals surface area contributed by atoms with E-state index in [4.69, 9.17) is 11.6 Å². The van der Waals surface area contributed by atoms with Gasteiger partial charge in [-0.05, 0) is 25.1 Å². The lowest BCUT2D eigenvalue weighted by molar-refractivity contribution is -0.133. The predicted molar refractivity (Wildman–Crippen MR) is 109 cm³/mol. The quantitative estimate of drug-likeness (QED) is 0.830. The summed E-state index contributed by atoms with van der Waals surface area (Å²) in [5.41, 5.74) is 1.14. The zero-order valence-electron chi connectivity index (χ0n) is 14.5. The largest absolute Gasteiger partial charge is 0.368 e. The minimum absolute atomic E-state index is 0. The van der Waals surface area contributed by atoms with Gasteiger partial charge in [-0.25, -0.2) is 0 Å². The van der Waals surface area contributed by atoms with Gasteiger partial charge in [0.2, 0.25) is 5.91 Å². The highest BCUT2D eigenvalue weighted by Crippen LogP contribution is 2.20. The number of rotatable bonds is 3. The van der Waals surface area contributed by atoms with Crippen LogP contribution in [0.4, 0.5) is 5.69 Å². The van der Waals surface area contributed by atoms with Gasteiger partial charge in [0.25, 0.3) is 0 Å². The molecule has 3 rings (SSSR count). The number of hydrogen-bond acceptors (Lipinski definition) is 4. The molecule has 1 aromatic carbocycles. The van der Waals surface area contributed by atoms with E-state index in [0.717, 1.165) is 56.5 Å². The van der Waals surface area contributed by atoms with Crippen LogP contribution in [0.5, 0.6) is 0 Å². The van der Waals surface area contributed by atoms with E-state index < -0.39 is 0 Å². The number of piperazine rings is 2. The van der Waals surface area contributed by atoms with Gasteiger partial charge in [0.1, 0.15) is 0 Å². The number of amides is 1. The van der Waals surface area contributed by atoms with Crippen LogP contribution in [-0.4, -0.2) is 74.1 Å². The van der Waals surface area contributed by atoms with Crippen LogP contribution < -0.4 is 10.2 Å². The second-order valence-electron chi connectivity index (χ2n) is 6.37. The van der Waals surface area contributed by atoms with Crippen molar-refractivity contribution in [3.8, 4) is 0 Å². The molecule has 25 heavy (non-hydrogen) atoms. The average Bonchev–Trinajstić information content (AvgIpc) is 2.57. The van der Waals surface area contributed by atoms with Gasteiger partial charge in [-0.2, -0.15) is 0 Å². The normalized spacial score (nSPS) is 21.3. The fourth-order valence-corrected chi connectivity index (χ4v) is 3.46. The van der Waals surface area contributed by atoms with E-state index in [1.807, 2.05) is 23.1 Å². The van der Waals surface area contributed by atoms with Crippen molar-refractivity contribution >= 4 is 48.0 Å². The SMILES string of the molecule is C[C@H]1CNCCN1CC(=O)N1CCN(c2cccc(Cl)c2)CC1.Cl.Cl. The first-order valence-electron chi connectivity index (χ1n) is 8.36. The molecule has 0 saturated carbocycles. The Morgan fingerprint density at radius 1 is 1.20 bits per heavy atom. The molecule has 0 aliphatic carbocycles. The molecule has 0 radical (unpaired) electrons. The van der Waals surface area contributed by atoms with Crippen molar-refractivity contribution < 1.29 is 4.79 Å². The minimum Gasteiger partial charge on any atom is -0.368 e. The number of halogens is 3. The maximum absolute atomic E-state index is 12.5. The number of carbonyl (C=O) groups excluding carboxylic acids is 1. The molecule has 0 bridgehead atoms. The molecule has 0 spiro atoms. The summed E-state index contributed by atoms with van der Waals surface area (Å²) < 4.78 is 0. The number of benzene rings is 1. The third kappa shape index (κ3) is 5.90. The number of anilines is 1. The zero-order chi connectivity index (χ0) is 16.2. The monoisotopic (exact) mass is 408 g/mol. The minimum atomic E-state index is 0. The first kappa shape index (κ1) is 22.3. The van der Waals surface area contributed by atoms with Crippen LogP contribution in [0.3, 0.4) is 0 Å². The van der Waals surface area contributed by atoms with Crippen LogP contribution >= 0.6 is 36.4 Å². The summed E-state index contributed by atoms with van der Waals surface area (Å²) in [4.78, 5) is 19.1. The van der Waals surface area contributed by atoms with Gasteiger partial charge in [0, 0.05) is 62.6 Å². The maximum Gasteiger partial charge on any atom is 0.236 e. The third-order valence-corrected chi connectivity index (χ3v) is 5.02. The van der Waals surface area contributed by atoms with Crippen LogP contribution in [-0.2, 0) is 4.79 Å². The molecule has 2 fully saturated rings. The molecule has 1 N–H and O–H groups in total. The Kier molecular flexibility index (Phi) is 9.32. The van der Waals surface area contributed by atoms with Gasteiger partial charge < -0.3 is 15.1 Å². The Hall–Kier alpha value is -0.720. The van der Waals surface area contributed by atoms with Crippen molar-refractivity contribution in [2.45, 2.75) is 13.0 Å². The Balaban J connectivity index is 0.00000156. The molecule has 2 heterocycles. The van der Waals surface area contributed by atoms with Crippen molar-refractivity contribution in [3.63, 3.8) is 0 Å². The molecule has 2 aliphatic heterocycles. The van der Waals surface area contributed by atoms with E-state index >= 15 is 0 Å². The third-order valence-electron chi connectivity index (χ3n) is 4.78. The predicted octanol–water partition coefficient (Wildman–Crippen LogP) is 2.13. The molecule has 1 amide bonds. The van der Waals surface area contributed by atoms with Crippen LogP contribution in [0.2, 0.25) is 5.02 Å². The van der Waals surface area contributed by atoms with E-state index in [1.165, 1.54) is 0 Å². The molecule has 5 nitrogen and oxygen atoms in total. The number of nitrogens with one attached hydrogen (secondary N) is 1. The van der Waals surface area contributed by atoms with E-state index in [0.29, 0.717) is 12.6 Å². The Morgan fingerprint density at radius 3 is 2.56 bits per heavy atom. The van der Waals surface area contributed by atoms with E-state index in [1.54, 1.807) is 0 Å². The van der Waals surface area contributed by atoms with Crippen LogP contribution in [0.1, 0.15) is 6.92 Å². The molecule has 142 valence electrons. The molecular formula is C17H27Cl3N4O. The van der Waals surface area contributed by atoms with Crippen molar-refractivity contribution in [1.29, 1.82) is 0 Å². The van der Waals surface area contributed by atoms with Gasteiger partial charge in [-0.1, -0.05) is 17.7 Å². The Bertz CT molecular complexity index is 552. The van der Waals surface area contributed by atoms with Crippen LogP contribution in [0.25, 0.3) is 0 Å². The molecule has 0 aromatic heterocycles. The first-order chi connectivity index (χ1) is 11.1. The van der Waals surface area contributed by atoms with Gasteiger partial charge in [-0.15, -0.1) is 24.8 Å². The molecule has 2 saturated heterocycles. The Morgan fingerprint density at radius 2 is 1.92 bits per heavy atom. The zero-order valence-corrected chi connectivity index (χ0v) is 16.9. The standard InChI is InChI=1S/C17H25ClN4O.2ClH/c1-14-12-19-5-6-22(14)13-17(23)21-9-7-20(8-10-21)16-4-2-3-15(18)11-16;;/h2-4,11,14,19H,5-10,12-13H2,1H3;2*1H/t14-;;/m0../s1. The summed E-state index contributed by atoms with van der Waals surface area (Å²) in [6, 6.07) is 8.36. The lowest BCUT2D eigenvalue weighted by Gasteiger charge is -2.39. The smallest absolute Gasteiger partial charge is 0.236 e. The fraction of sp³-hybridized carbons (Fsp3) is 0.588. The van der Waals surface area contributed by atoms with Crippen LogP contribution in [0.15, 0.2) is 24.3 Å². The molecule has 2 aliphatic rings. The van der Waals surface area contributed by atoms with E-state index in [2.05, 4.69) is 28.1 Å². The lowest BCUT2D eigenvalue weighted by Crippen LogP contribution is -2.55. The maximum atomic E-state index is 12.5. The number of hydrogen-bond donors (Lipinski definition) is 1. The summed E-state index contributed by atoms with van der Waals surface area (Å²) in [5, 5.41) is 4.12. The molecule has 1 atom stereocenters. The lowest BCUT2D eigenvalue weighted by atomic mass is 10.2. The second kappa shape index (κ2) is 10.4. The van der Waals surface area contributed by atoms with Gasteiger partial charge in [0.05, 0.1) is 6.54 Å². The van der Waals surface area contributed by atoms with Crippen molar-refractivity contribution in [2.75, 3.05) is 57.3 Å². The average molecular weight is 410 g/mol. The number of nitrogens with zero attached hydrogens (tertiary/aromatic N) is 3. The topological polar surface area (TPSA) is 38.8 Å². The highest BCUT2D eigenvalue weighted by molar-refractivity contribution is 6.30. The summed E-state index contributed by atoms with van der Waals surface area (Å²) in [6.45, 7) is 8.91. The summed E-state index contributed by atoms with van der Waals surface area (Å²) in [7, 11) is 0. The van der Waals surface area contributed by atoms with Gasteiger partial charge in [0.15, 0.2) is 0 Å². The molecule has 0 unspecified atom stereocenters. The summed E-state index contributed by atoms with van der Waals surface area (Å²) in [6.07, 6.45) is 0. The van der Waals surface area contributed by atoms with Crippen LogP contribution in [0, 0.1) is 0 Å². The van der Waals surface area contributed by atoms with Gasteiger partial charge >= 0.3 is 0 Å². The highest BCUT2D eigenvalue weighted by Gasteiger charge is 2.25. The molecule has 8 heteroatoms. The molecule has 1 aromatic rings. The van der Waals surface area contributed by atoms with E-state index in [9.17, 15) is 4.79 Å². The van der Waals surface area contributed by atoms with Crippen molar-refractivity contribution in [2.24, 2.45) is 0 Å². The highest BCUT2D eigenvalue weighted by atomic mass is 35.5. The summed E-state index contributed by atoms with van der Waals surface area (Å²) >= 11 is 6.06. The number of carbonyl (C=O) groups is 1. The van der Waals surface area contributed by atoms with Gasteiger partial charge in [-0.3, -0.25) is 9.69 Å². The second-order valence-corrected chi connectivity index (χ2v) is 6.81.